The minimum atomic E-state index is -4.16. The first kappa shape index (κ1) is 24.1. The van der Waals surface area contributed by atoms with Crippen LogP contribution in [0.4, 0.5) is 19.1 Å². The van der Waals surface area contributed by atoms with E-state index in [2.05, 4.69) is 20.1 Å². The molecule has 1 fully saturated rings. The summed E-state index contributed by atoms with van der Waals surface area (Å²) in [5.74, 6) is -0.764. The molecule has 182 valence electrons. The van der Waals surface area contributed by atoms with Gasteiger partial charge in [-0.1, -0.05) is 6.08 Å². The number of alkyl halides is 3. The molecule has 1 saturated heterocycles. The molecule has 3 aromatic heterocycles. The van der Waals surface area contributed by atoms with Crippen molar-refractivity contribution < 1.29 is 17.9 Å². The Morgan fingerprint density at radius 2 is 1.76 bits per heavy atom. The smallest absolute Gasteiger partial charge is 0.378 e. The van der Waals surface area contributed by atoms with Crippen molar-refractivity contribution in [3.8, 4) is 0 Å². The van der Waals surface area contributed by atoms with Gasteiger partial charge in [0.25, 0.3) is 0 Å². The number of fused-ring (bicyclic) bond motifs is 1. The molecule has 3 aromatic rings. The lowest BCUT2D eigenvalue weighted by atomic mass is 9.87. The third-order valence-corrected chi connectivity index (χ3v) is 6.04. The highest BCUT2D eigenvalue weighted by atomic mass is 19.4. The Morgan fingerprint density at radius 3 is 2.32 bits per heavy atom. The summed E-state index contributed by atoms with van der Waals surface area (Å²) in [5, 5.41) is 3.83. The topological polar surface area (TPSA) is 81.9 Å². The van der Waals surface area contributed by atoms with E-state index in [1.54, 1.807) is 17.0 Å². The molecule has 5 rings (SSSR count). The monoisotopic (exact) mass is 475 g/mol. The van der Waals surface area contributed by atoms with Crippen molar-refractivity contribution in [1.29, 1.82) is 0 Å². The molecule has 0 N–H and O–H groups in total. The number of morpholine rings is 1. The van der Waals surface area contributed by atoms with Crippen molar-refractivity contribution in [2.24, 2.45) is 13.0 Å². The second kappa shape index (κ2) is 10.0. The molecule has 2 aliphatic rings. The normalized spacial score (nSPS) is 18.9. The molecule has 4 heterocycles. The minimum Gasteiger partial charge on any atom is -0.378 e. The van der Waals surface area contributed by atoms with Gasteiger partial charge in [-0.2, -0.15) is 23.3 Å². The van der Waals surface area contributed by atoms with Crippen LogP contribution in [0, 0.1) is 19.8 Å². The first-order valence-electron chi connectivity index (χ1n) is 11.3. The molecule has 0 spiro atoms. The van der Waals surface area contributed by atoms with Gasteiger partial charge < -0.3 is 9.64 Å². The molecule has 0 radical (unpaired) electrons. The summed E-state index contributed by atoms with van der Waals surface area (Å²) in [5.41, 5.74) is 3.97. The SMILES string of the molecule is Cc1nc2nc(N3CCOCC3)nc(C3=CCC(C(F)(F)F)CC3)c2nc1C.Cn1cccn1. The summed E-state index contributed by atoms with van der Waals surface area (Å²) >= 11 is 0. The van der Waals surface area contributed by atoms with Crippen molar-refractivity contribution in [3.63, 3.8) is 0 Å². The summed E-state index contributed by atoms with van der Waals surface area (Å²) in [6.07, 6.45) is 1.47. The predicted molar refractivity (Wildman–Crippen MR) is 122 cm³/mol. The number of anilines is 1. The molecule has 0 bridgehead atoms. The van der Waals surface area contributed by atoms with E-state index in [0.29, 0.717) is 55.5 Å². The van der Waals surface area contributed by atoms with Crippen molar-refractivity contribution in [2.75, 3.05) is 31.2 Å². The lowest BCUT2D eigenvalue weighted by Gasteiger charge is -2.28. The van der Waals surface area contributed by atoms with E-state index in [1.165, 1.54) is 0 Å². The van der Waals surface area contributed by atoms with Crippen molar-refractivity contribution >= 4 is 22.7 Å². The number of rotatable bonds is 2. The summed E-state index contributed by atoms with van der Waals surface area (Å²) in [6, 6.07) is 1.89. The maximum atomic E-state index is 13.0. The zero-order chi connectivity index (χ0) is 24.3. The fraction of sp³-hybridized carbons (Fsp3) is 0.522. The number of hydrogen-bond acceptors (Lipinski definition) is 7. The standard InChI is InChI=1S/C19H22F3N5O.C4H6N2/c1-11-12(2)24-17-16(23-11)15(13-3-5-14(6-4-13)19(20,21)22)25-18(26-17)27-7-9-28-10-8-27;1-6-4-2-3-5-6/h3,14H,4-10H2,1-2H3;2-4H,1H3. The number of ether oxygens (including phenoxy) is 1. The number of aromatic nitrogens is 6. The highest BCUT2D eigenvalue weighted by Gasteiger charge is 2.40. The Hall–Kier alpha value is -3.08. The zero-order valence-electron chi connectivity index (χ0n) is 19.5. The first-order chi connectivity index (χ1) is 16.2. The second-order valence-electron chi connectivity index (χ2n) is 8.46. The third kappa shape index (κ3) is 5.52. The van der Waals surface area contributed by atoms with Crippen LogP contribution in [-0.4, -0.2) is 62.2 Å². The molecule has 0 saturated carbocycles. The Balaban J connectivity index is 0.000000398. The second-order valence-corrected chi connectivity index (χ2v) is 8.46. The van der Waals surface area contributed by atoms with Gasteiger partial charge in [-0.05, 0) is 44.7 Å². The van der Waals surface area contributed by atoms with Gasteiger partial charge in [-0.15, -0.1) is 0 Å². The largest absolute Gasteiger partial charge is 0.392 e. The van der Waals surface area contributed by atoms with Crippen LogP contribution >= 0.6 is 0 Å². The van der Waals surface area contributed by atoms with Crippen LogP contribution in [0.2, 0.25) is 0 Å². The van der Waals surface area contributed by atoms with Gasteiger partial charge in [0, 0.05) is 32.5 Å². The van der Waals surface area contributed by atoms with Crippen LogP contribution in [0.3, 0.4) is 0 Å². The average Bonchev–Trinajstić information content (AvgIpc) is 3.31. The fourth-order valence-corrected chi connectivity index (χ4v) is 3.92. The van der Waals surface area contributed by atoms with E-state index in [9.17, 15) is 13.2 Å². The van der Waals surface area contributed by atoms with Crippen LogP contribution in [0.25, 0.3) is 16.7 Å². The van der Waals surface area contributed by atoms with E-state index in [-0.39, 0.29) is 12.8 Å². The summed E-state index contributed by atoms with van der Waals surface area (Å²) < 4.78 is 46.2. The summed E-state index contributed by atoms with van der Waals surface area (Å²) in [4.78, 5) is 20.5. The molecule has 0 aromatic carbocycles. The number of halogens is 3. The minimum absolute atomic E-state index is 0.0323. The molecule has 1 aliphatic carbocycles. The molecular weight excluding hydrogens is 447 g/mol. The number of allylic oxidation sites excluding steroid dienone is 2. The van der Waals surface area contributed by atoms with Crippen molar-refractivity contribution in [3.05, 3.63) is 41.6 Å². The third-order valence-electron chi connectivity index (χ3n) is 6.04. The molecule has 8 nitrogen and oxygen atoms in total. The van der Waals surface area contributed by atoms with Crippen LogP contribution in [0.5, 0.6) is 0 Å². The summed E-state index contributed by atoms with van der Waals surface area (Å²) in [6.45, 7) is 6.23. The lowest BCUT2D eigenvalue weighted by Crippen LogP contribution is -2.37. The molecule has 0 amide bonds. The molecule has 34 heavy (non-hydrogen) atoms. The molecule has 1 aliphatic heterocycles. The van der Waals surface area contributed by atoms with Gasteiger partial charge in [0.1, 0.15) is 5.52 Å². The quantitative estimate of drug-likeness (QED) is 0.553. The van der Waals surface area contributed by atoms with Gasteiger partial charge in [0.15, 0.2) is 5.65 Å². The fourth-order valence-electron chi connectivity index (χ4n) is 3.92. The van der Waals surface area contributed by atoms with E-state index in [0.717, 1.165) is 17.0 Å². The first-order valence-corrected chi connectivity index (χ1v) is 11.3. The molecule has 11 heteroatoms. The van der Waals surface area contributed by atoms with Crippen LogP contribution in [0.1, 0.15) is 36.3 Å². The van der Waals surface area contributed by atoms with Gasteiger partial charge >= 0.3 is 6.18 Å². The molecule has 1 atom stereocenters. The van der Waals surface area contributed by atoms with Crippen molar-refractivity contribution in [2.45, 2.75) is 39.3 Å². The highest BCUT2D eigenvalue weighted by Crippen LogP contribution is 2.40. The maximum absolute atomic E-state index is 13.0. The van der Waals surface area contributed by atoms with Crippen molar-refractivity contribution in [1.82, 2.24) is 29.7 Å². The van der Waals surface area contributed by atoms with Crippen LogP contribution in [-0.2, 0) is 11.8 Å². The van der Waals surface area contributed by atoms with E-state index >= 15 is 0 Å². The number of hydrogen-bond donors (Lipinski definition) is 0. The van der Waals surface area contributed by atoms with Crippen LogP contribution in [0.15, 0.2) is 24.5 Å². The Labute approximate surface area is 195 Å². The highest BCUT2D eigenvalue weighted by molar-refractivity contribution is 5.86. The van der Waals surface area contributed by atoms with Crippen LogP contribution < -0.4 is 4.90 Å². The average molecular weight is 476 g/mol. The summed E-state index contributed by atoms with van der Waals surface area (Å²) in [7, 11) is 1.89. The van der Waals surface area contributed by atoms with Gasteiger partial charge in [-0.25, -0.2) is 15.0 Å². The Bertz CT molecular complexity index is 1160. The van der Waals surface area contributed by atoms with Gasteiger partial charge in [0.2, 0.25) is 5.95 Å². The van der Waals surface area contributed by atoms with E-state index < -0.39 is 12.1 Å². The lowest BCUT2D eigenvalue weighted by molar-refractivity contribution is -0.175. The predicted octanol–water partition coefficient (Wildman–Crippen LogP) is 4.04. The Kier molecular flexibility index (Phi) is 7.11. The maximum Gasteiger partial charge on any atom is 0.392 e. The number of aryl methyl sites for hydroxylation is 3. The Morgan fingerprint density at radius 1 is 1.03 bits per heavy atom. The van der Waals surface area contributed by atoms with E-state index in [4.69, 9.17) is 9.72 Å². The van der Waals surface area contributed by atoms with Gasteiger partial charge in [-0.3, -0.25) is 4.68 Å². The molecular formula is C23H28F3N7O. The molecule has 1 unspecified atom stereocenters. The van der Waals surface area contributed by atoms with Gasteiger partial charge in [0.05, 0.1) is 36.2 Å². The van der Waals surface area contributed by atoms with E-state index in [1.807, 2.05) is 38.1 Å². The number of nitrogens with zero attached hydrogens (tertiary/aromatic N) is 7. The zero-order valence-corrected chi connectivity index (χ0v) is 19.5.